The Hall–Kier alpha value is -1.93. The number of hydrogen-bond acceptors (Lipinski definition) is 6. The summed E-state index contributed by atoms with van der Waals surface area (Å²) in [6.07, 6.45) is 0. The zero-order valence-electron chi connectivity index (χ0n) is 12.3. The van der Waals surface area contributed by atoms with Crippen LogP contribution in [0.4, 0.5) is 5.69 Å². The Morgan fingerprint density at radius 2 is 2.23 bits per heavy atom. The van der Waals surface area contributed by atoms with Crippen molar-refractivity contribution in [2.75, 3.05) is 18.3 Å². The fourth-order valence-corrected chi connectivity index (χ4v) is 2.70. The largest absolute Gasteiger partial charge is 0.495 e. The molecule has 1 aromatic carbocycles. The lowest BCUT2D eigenvalue weighted by atomic mass is 10.3. The maximum atomic E-state index is 12.2. The maximum absolute atomic E-state index is 12.2. The number of rotatable bonds is 5. The number of nitrogens with zero attached hydrogens (tertiary/aromatic N) is 3. The Labute approximate surface area is 137 Å². The first-order valence-electron chi connectivity index (χ1n) is 6.40. The summed E-state index contributed by atoms with van der Waals surface area (Å²) in [5.74, 6) is 6.71. The first kappa shape index (κ1) is 16.4. The summed E-state index contributed by atoms with van der Waals surface area (Å²) in [5.41, 5.74) is 0.591. The molecule has 9 heteroatoms. The number of hydrogen-bond donors (Lipinski definition) is 2. The third kappa shape index (κ3) is 3.63. The van der Waals surface area contributed by atoms with Crippen molar-refractivity contribution in [1.29, 1.82) is 0 Å². The van der Waals surface area contributed by atoms with Crippen LogP contribution in [0, 0.1) is 6.92 Å². The number of thioether (sulfide) groups is 1. The summed E-state index contributed by atoms with van der Waals surface area (Å²) in [6, 6.07) is 5.04. The second kappa shape index (κ2) is 6.89. The minimum absolute atomic E-state index is 0.188. The van der Waals surface area contributed by atoms with Crippen LogP contribution in [0.25, 0.3) is 0 Å². The van der Waals surface area contributed by atoms with Gasteiger partial charge in [0.1, 0.15) is 11.6 Å². The molecule has 0 bridgehead atoms. The van der Waals surface area contributed by atoms with Crippen LogP contribution in [0.5, 0.6) is 5.75 Å². The molecule has 1 atom stereocenters. The van der Waals surface area contributed by atoms with Gasteiger partial charge in [-0.1, -0.05) is 23.4 Å². The molecule has 0 aliphatic carbocycles. The first-order valence-corrected chi connectivity index (χ1v) is 7.66. The number of carbonyl (C=O) groups is 1. The second-order valence-electron chi connectivity index (χ2n) is 4.50. The lowest BCUT2D eigenvalue weighted by molar-refractivity contribution is -0.115. The van der Waals surface area contributed by atoms with Crippen LogP contribution in [0.15, 0.2) is 23.4 Å². The van der Waals surface area contributed by atoms with E-state index < -0.39 is 5.25 Å². The molecule has 1 amide bonds. The highest BCUT2D eigenvalue weighted by molar-refractivity contribution is 8.00. The van der Waals surface area contributed by atoms with Gasteiger partial charge in [0.2, 0.25) is 11.1 Å². The van der Waals surface area contributed by atoms with Gasteiger partial charge >= 0.3 is 0 Å². The molecule has 0 aliphatic heterocycles. The Kier molecular flexibility index (Phi) is 5.15. The van der Waals surface area contributed by atoms with Crippen molar-refractivity contribution in [3.8, 4) is 5.75 Å². The van der Waals surface area contributed by atoms with E-state index in [0.717, 1.165) is 0 Å². The number of halogens is 1. The van der Waals surface area contributed by atoms with Gasteiger partial charge in [0.05, 0.1) is 17.4 Å². The molecule has 118 valence electrons. The van der Waals surface area contributed by atoms with Crippen molar-refractivity contribution in [2.24, 2.45) is 0 Å². The van der Waals surface area contributed by atoms with Gasteiger partial charge in [-0.3, -0.25) is 4.79 Å². The van der Waals surface area contributed by atoms with E-state index in [1.54, 1.807) is 32.0 Å². The molecular weight excluding hydrogens is 326 g/mol. The number of ether oxygens (including phenoxy) is 1. The molecule has 22 heavy (non-hydrogen) atoms. The number of benzene rings is 1. The summed E-state index contributed by atoms with van der Waals surface area (Å²) in [5, 5.41) is 11.1. The Bertz CT molecular complexity index is 691. The monoisotopic (exact) mass is 341 g/mol. The van der Waals surface area contributed by atoms with Gasteiger partial charge in [0.25, 0.3) is 0 Å². The standard InChI is InChI=1S/C13H16ClN5O2S/c1-7(22-13-18-17-8(2)19(13)15)12(20)16-9-4-5-11(21-3)10(14)6-9/h4-7H,15H2,1-3H3,(H,16,20). The van der Waals surface area contributed by atoms with E-state index in [2.05, 4.69) is 15.5 Å². The number of anilines is 1. The summed E-state index contributed by atoms with van der Waals surface area (Å²) < 4.78 is 6.41. The van der Waals surface area contributed by atoms with Crippen molar-refractivity contribution in [3.63, 3.8) is 0 Å². The van der Waals surface area contributed by atoms with Gasteiger partial charge in [0.15, 0.2) is 0 Å². The topological polar surface area (TPSA) is 95.1 Å². The molecule has 2 aromatic rings. The minimum atomic E-state index is -0.397. The predicted molar refractivity (Wildman–Crippen MR) is 86.9 cm³/mol. The van der Waals surface area contributed by atoms with Crippen LogP contribution in [0.1, 0.15) is 12.7 Å². The van der Waals surface area contributed by atoms with Crippen LogP contribution in [-0.4, -0.2) is 33.1 Å². The number of amides is 1. The summed E-state index contributed by atoms with van der Waals surface area (Å²) in [6.45, 7) is 3.50. The van der Waals surface area contributed by atoms with Gasteiger partial charge < -0.3 is 15.9 Å². The second-order valence-corrected chi connectivity index (χ2v) is 6.21. The highest BCUT2D eigenvalue weighted by Crippen LogP contribution is 2.28. The minimum Gasteiger partial charge on any atom is -0.495 e. The molecule has 2 rings (SSSR count). The molecule has 1 unspecified atom stereocenters. The first-order chi connectivity index (χ1) is 10.4. The van der Waals surface area contributed by atoms with Crippen LogP contribution < -0.4 is 15.9 Å². The van der Waals surface area contributed by atoms with E-state index in [0.29, 0.717) is 27.4 Å². The molecule has 0 fully saturated rings. The normalized spacial score (nSPS) is 12.0. The van der Waals surface area contributed by atoms with Crippen molar-refractivity contribution in [3.05, 3.63) is 29.0 Å². The van der Waals surface area contributed by atoms with Crippen LogP contribution in [0.2, 0.25) is 5.02 Å². The van der Waals surface area contributed by atoms with E-state index in [9.17, 15) is 4.79 Å². The summed E-state index contributed by atoms with van der Waals surface area (Å²) >= 11 is 7.25. The number of aryl methyl sites for hydroxylation is 1. The third-order valence-electron chi connectivity index (χ3n) is 2.91. The van der Waals surface area contributed by atoms with Gasteiger partial charge in [-0.2, -0.15) is 0 Å². The lowest BCUT2D eigenvalue weighted by Gasteiger charge is -2.12. The summed E-state index contributed by atoms with van der Waals surface area (Å²) in [4.78, 5) is 12.2. The van der Waals surface area contributed by atoms with Gasteiger partial charge in [0, 0.05) is 5.69 Å². The number of nitrogens with two attached hydrogens (primary N) is 1. The van der Waals surface area contributed by atoms with Crippen molar-refractivity contribution >= 4 is 35.0 Å². The summed E-state index contributed by atoms with van der Waals surface area (Å²) in [7, 11) is 1.53. The SMILES string of the molecule is COc1ccc(NC(=O)C(C)Sc2nnc(C)n2N)cc1Cl. The number of aromatic nitrogens is 3. The number of nitrogens with one attached hydrogen (secondary N) is 1. The molecule has 0 aliphatic rings. The van der Waals surface area contributed by atoms with Crippen molar-refractivity contribution < 1.29 is 9.53 Å². The Morgan fingerprint density at radius 3 is 2.77 bits per heavy atom. The molecule has 0 radical (unpaired) electrons. The van der Waals surface area contributed by atoms with E-state index >= 15 is 0 Å². The molecular formula is C13H16ClN5O2S. The average molecular weight is 342 g/mol. The number of methoxy groups -OCH3 is 1. The zero-order valence-corrected chi connectivity index (χ0v) is 13.9. The van der Waals surface area contributed by atoms with Crippen molar-refractivity contribution in [1.82, 2.24) is 14.9 Å². The third-order valence-corrected chi connectivity index (χ3v) is 4.26. The average Bonchev–Trinajstić information content (AvgIpc) is 2.79. The molecule has 0 saturated carbocycles. The van der Waals surface area contributed by atoms with Crippen LogP contribution in [-0.2, 0) is 4.79 Å². The quantitative estimate of drug-likeness (QED) is 0.638. The van der Waals surface area contributed by atoms with E-state index in [4.69, 9.17) is 22.2 Å². The smallest absolute Gasteiger partial charge is 0.237 e. The van der Waals surface area contributed by atoms with Crippen LogP contribution >= 0.6 is 23.4 Å². The van der Waals surface area contributed by atoms with E-state index in [1.807, 2.05) is 0 Å². The Morgan fingerprint density at radius 1 is 1.50 bits per heavy atom. The van der Waals surface area contributed by atoms with E-state index in [-0.39, 0.29) is 5.91 Å². The van der Waals surface area contributed by atoms with Gasteiger partial charge in [-0.25, -0.2) is 4.68 Å². The molecule has 0 saturated heterocycles. The lowest BCUT2D eigenvalue weighted by Crippen LogP contribution is -2.23. The van der Waals surface area contributed by atoms with Crippen molar-refractivity contribution in [2.45, 2.75) is 24.3 Å². The van der Waals surface area contributed by atoms with Gasteiger partial charge in [-0.05, 0) is 32.0 Å². The molecule has 1 heterocycles. The van der Waals surface area contributed by atoms with Crippen LogP contribution in [0.3, 0.4) is 0 Å². The molecule has 0 spiro atoms. The fraction of sp³-hybridized carbons (Fsp3) is 0.308. The Balaban J connectivity index is 2.02. The van der Waals surface area contributed by atoms with Gasteiger partial charge in [-0.15, -0.1) is 10.2 Å². The predicted octanol–water partition coefficient (Wildman–Crippen LogP) is 2.08. The molecule has 3 N–H and O–H groups in total. The zero-order chi connectivity index (χ0) is 16.3. The fourth-order valence-electron chi connectivity index (χ4n) is 1.63. The highest BCUT2D eigenvalue weighted by Gasteiger charge is 2.18. The number of nitrogen functional groups attached to an aromatic ring is 1. The maximum Gasteiger partial charge on any atom is 0.237 e. The van der Waals surface area contributed by atoms with E-state index in [1.165, 1.54) is 23.5 Å². The highest BCUT2D eigenvalue weighted by atomic mass is 35.5. The number of carbonyl (C=O) groups excluding carboxylic acids is 1. The molecule has 1 aromatic heterocycles. The molecule has 7 nitrogen and oxygen atoms in total.